The summed E-state index contributed by atoms with van der Waals surface area (Å²) in [6, 6.07) is 17.5. The highest BCUT2D eigenvalue weighted by Gasteiger charge is 2.40. The first kappa shape index (κ1) is 27.0. The van der Waals surface area contributed by atoms with E-state index in [2.05, 4.69) is 26.1 Å². The van der Waals surface area contributed by atoms with Crippen molar-refractivity contribution < 1.29 is 23.5 Å². The summed E-state index contributed by atoms with van der Waals surface area (Å²) in [5, 5.41) is 7.81. The van der Waals surface area contributed by atoms with Crippen LogP contribution in [0, 0.1) is 6.92 Å². The van der Waals surface area contributed by atoms with Crippen molar-refractivity contribution in [2.24, 2.45) is 0 Å². The highest BCUT2D eigenvalue weighted by Crippen LogP contribution is 2.49. The average molecular weight is 573 g/mol. The van der Waals surface area contributed by atoms with Gasteiger partial charge in [-0.25, -0.2) is 4.68 Å². The lowest BCUT2D eigenvalue weighted by Crippen LogP contribution is -2.42. The Morgan fingerprint density at radius 3 is 2.68 bits per heavy atom. The number of benzene rings is 2. The molecule has 2 aromatic heterocycles. The minimum Gasteiger partial charge on any atom is -0.467 e. The molecule has 0 bridgehead atoms. The predicted octanol–water partition coefficient (Wildman–Crippen LogP) is 5.29. The topological polar surface area (TPSA) is 98.8 Å². The molecule has 1 N–H and O–H groups in total. The van der Waals surface area contributed by atoms with Crippen molar-refractivity contribution in [3.05, 3.63) is 89.0 Å². The van der Waals surface area contributed by atoms with Crippen molar-refractivity contribution in [3.63, 3.8) is 0 Å². The number of fused-ring (bicyclic) bond motifs is 2. The molecular weight excluding hydrogens is 540 g/mol. The van der Waals surface area contributed by atoms with Gasteiger partial charge in [0.05, 0.1) is 35.2 Å². The van der Waals surface area contributed by atoms with Crippen molar-refractivity contribution >= 4 is 29.4 Å². The maximum absolute atomic E-state index is 13.8. The number of anilines is 1. The van der Waals surface area contributed by atoms with E-state index in [1.54, 1.807) is 23.3 Å². The fourth-order valence-electron chi connectivity index (χ4n) is 5.15. The van der Waals surface area contributed by atoms with Crippen LogP contribution in [0.5, 0.6) is 11.5 Å². The number of nitrogens with zero attached hydrogens (tertiary/aromatic N) is 3. The standard InChI is InChI=1S/C31H32N4O5S/c1-19-7-5-8-21(13-19)35-30-27(29(33-35)31(2,3)4)28(20-10-11-23-24(14-20)40-18-39-23)41-17-26(37)34(30)16-25(36)32-15-22-9-6-12-38-22/h5-14,28H,15-18H2,1-4H3,(H,32,36)/t28-/m1/s1. The van der Waals surface area contributed by atoms with Gasteiger partial charge in [-0.05, 0) is 54.4 Å². The number of furan rings is 1. The van der Waals surface area contributed by atoms with Crippen LogP contribution in [0.3, 0.4) is 0 Å². The lowest BCUT2D eigenvalue weighted by molar-refractivity contribution is -0.123. The second kappa shape index (κ2) is 10.7. The number of amides is 2. The molecule has 0 saturated heterocycles. The number of aromatic nitrogens is 2. The Hall–Kier alpha value is -4.18. The first-order chi connectivity index (χ1) is 19.7. The summed E-state index contributed by atoms with van der Waals surface area (Å²) < 4.78 is 18.4. The predicted molar refractivity (Wildman–Crippen MR) is 157 cm³/mol. The molecule has 0 saturated carbocycles. The Balaban J connectivity index is 1.50. The fraction of sp³-hybridized carbons (Fsp3) is 0.323. The zero-order chi connectivity index (χ0) is 28.7. The summed E-state index contributed by atoms with van der Waals surface area (Å²) >= 11 is 1.53. The van der Waals surface area contributed by atoms with E-state index in [0.717, 1.165) is 28.1 Å². The van der Waals surface area contributed by atoms with E-state index in [9.17, 15) is 9.59 Å². The monoisotopic (exact) mass is 572 g/mol. The van der Waals surface area contributed by atoms with E-state index in [1.165, 1.54) is 11.8 Å². The van der Waals surface area contributed by atoms with Gasteiger partial charge in [0.1, 0.15) is 18.1 Å². The van der Waals surface area contributed by atoms with Gasteiger partial charge in [0.25, 0.3) is 0 Å². The van der Waals surface area contributed by atoms with Crippen LogP contribution in [0.4, 0.5) is 5.82 Å². The minimum absolute atomic E-state index is 0.151. The van der Waals surface area contributed by atoms with Gasteiger partial charge in [-0.15, -0.1) is 11.8 Å². The summed E-state index contributed by atoms with van der Waals surface area (Å²) in [7, 11) is 0. The number of carbonyl (C=O) groups is 2. The zero-order valence-electron chi connectivity index (χ0n) is 23.5. The number of hydrogen-bond donors (Lipinski definition) is 1. The van der Waals surface area contributed by atoms with E-state index in [-0.39, 0.29) is 48.1 Å². The summed E-state index contributed by atoms with van der Waals surface area (Å²) in [5.41, 5.74) is 4.28. The second-order valence-electron chi connectivity index (χ2n) is 11.2. The maximum Gasteiger partial charge on any atom is 0.240 e. The molecule has 10 heteroatoms. The third-order valence-corrected chi connectivity index (χ3v) is 8.34. The highest BCUT2D eigenvalue weighted by atomic mass is 32.2. The van der Waals surface area contributed by atoms with Crippen LogP contribution in [-0.4, -0.2) is 40.7 Å². The Morgan fingerprint density at radius 1 is 1.10 bits per heavy atom. The van der Waals surface area contributed by atoms with Gasteiger partial charge in [-0.3, -0.25) is 14.5 Å². The molecule has 2 aliphatic heterocycles. The second-order valence-corrected chi connectivity index (χ2v) is 12.3. The Morgan fingerprint density at radius 2 is 1.93 bits per heavy atom. The van der Waals surface area contributed by atoms with Gasteiger partial charge in [-0.2, -0.15) is 5.10 Å². The lowest BCUT2D eigenvalue weighted by atomic mass is 9.87. The Bertz CT molecular complexity index is 1610. The van der Waals surface area contributed by atoms with Gasteiger partial charge in [0.15, 0.2) is 11.5 Å². The SMILES string of the molecule is Cc1cccc(-n2nc(C(C)(C)C)c3c2N(CC(=O)NCc2ccco2)C(=O)CS[C@@H]3c2ccc3c(c2)OCO3)c1. The largest absolute Gasteiger partial charge is 0.467 e. The Kier molecular flexibility index (Phi) is 7.03. The normalized spacial score (nSPS) is 16.4. The van der Waals surface area contributed by atoms with Crippen molar-refractivity contribution in [1.29, 1.82) is 0 Å². The van der Waals surface area contributed by atoms with E-state index in [4.69, 9.17) is 19.0 Å². The van der Waals surface area contributed by atoms with E-state index >= 15 is 0 Å². The van der Waals surface area contributed by atoms with Crippen molar-refractivity contribution in [1.82, 2.24) is 15.1 Å². The quantitative estimate of drug-likeness (QED) is 0.335. The summed E-state index contributed by atoms with van der Waals surface area (Å²) in [4.78, 5) is 28.7. The van der Waals surface area contributed by atoms with E-state index in [1.807, 2.05) is 54.1 Å². The number of aryl methyl sites for hydroxylation is 1. The molecule has 0 fully saturated rings. The van der Waals surface area contributed by atoms with Crippen LogP contribution in [0.25, 0.3) is 5.69 Å². The molecular formula is C31H32N4O5S. The van der Waals surface area contributed by atoms with Crippen LogP contribution < -0.4 is 19.7 Å². The number of thioether (sulfide) groups is 1. The van der Waals surface area contributed by atoms with Crippen molar-refractivity contribution in [2.75, 3.05) is 24.0 Å². The Labute approximate surface area is 242 Å². The van der Waals surface area contributed by atoms with Crippen molar-refractivity contribution in [2.45, 2.75) is 44.9 Å². The third kappa shape index (κ3) is 5.31. The molecule has 0 radical (unpaired) electrons. The summed E-state index contributed by atoms with van der Waals surface area (Å²) in [5.74, 6) is 2.36. The van der Waals surface area contributed by atoms with Crippen LogP contribution in [0.15, 0.2) is 65.3 Å². The molecule has 0 unspecified atom stereocenters. The third-order valence-electron chi connectivity index (χ3n) is 7.09. The zero-order valence-corrected chi connectivity index (χ0v) is 24.3. The molecule has 6 rings (SSSR count). The molecule has 2 amide bonds. The molecule has 0 spiro atoms. The molecule has 9 nitrogen and oxygen atoms in total. The van der Waals surface area contributed by atoms with Gasteiger partial charge in [0, 0.05) is 11.0 Å². The number of rotatable bonds is 6. The number of ether oxygens (including phenoxy) is 2. The first-order valence-corrected chi connectivity index (χ1v) is 14.5. The molecule has 212 valence electrons. The van der Waals surface area contributed by atoms with E-state index < -0.39 is 0 Å². The molecule has 2 aromatic carbocycles. The van der Waals surface area contributed by atoms with Gasteiger partial charge in [0.2, 0.25) is 18.6 Å². The van der Waals surface area contributed by atoms with Crippen LogP contribution in [0.1, 0.15) is 54.2 Å². The average Bonchev–Trinajstić information content (AvgIpc) is 3.69. The fourth-order valence-corrected chi connectivity index (χ4v) is 6.34. The smallest absolute Gasteiger partial charge is 0.240 e. The number of nitrogens with one attached hydrogen (secondary N) is 1. The van der Waals surface area contributed by atoms with Crippen LogP contribution in [0.2, 0.25) is 0 Å². The molecule has 2 aliphatic rings. The molecule has 1 atom stereocenters. The summed E-state index contributed by atoms with van der Waals surface area (Å²) in [6.45, 7) is 8.63. The lowest BCUT2D eigenvalue weighted by Gasteiger charge is -2.24. The van der Waals surface area contributed by atoms with E-state index in [0.29, 0.717) is 23.1 Å². The number of hydrogen-bond acceptors (Lipinski definition) is 7. The van der Waals surface area contributed by atoms with Gasteiger partial charge in [-0.1, -0.05) is 39.0 Å². The van der Waals surface area contributed by atoms with Gasteiger partial charge >= 0.3 is 0 Å². The van der Waals surface area contributed by atoms with Gasteiger partial charge < -0.3 is 19.2 Å². The van der Waals surface area contributed by atoms with Crippen molar-refractivity contribution in [3.8, 4) is 17.2 Å². The minimum atomic E-state index is -0.352. The van der Waals surface area contributed by atoms with Crippen LogP contribution >= 0.6 is 11.8 Å². The maximum atomic E-state index is 13.8. The molecule has 0 aliphatic carbocycles. The summed E-state index contributed by atoms with van der Waals surface area (Å²) in [6.07, 6.45) is 1.56. The molecule has 41 heavy (non-hydrogen) atoms. The number of carbonyl (C=O) groups excluding carboxylic acids is 2. The van der Waals surface area contributed by atoms with Crippen LogP contribution in [-0.2, 0) is 21.5 Å². The highest BCUT2D eigenvalue weighted by molar-refractivity contribution is 8.00. The molecule has 4 aromatic rings. The first-order valence-electron chi connectivity index (χ1n) is 13.5. The molecule has 4 heterocycles.